The Bertz CT molecular complexity index is 88.9. The molecule has 0 aliphatic rings. The van der Waals surface area contributed by atoms with Crippen LogP contribution in [0.5, 0.6) is 0 Å². The number of hydroxylamine groups is 2. The Kier molecular flexibility index (Phi) is 1.97. The lowest BCUT2D eigenvalue weighted by Gasteiger charge is -1.96. The average Bonchev–Trinajstić information content (AvgIpc) is 1.65. The lowest BCUT2D eigenvalue weighted by Crippen LogP contribution is -2.18. The molecule has 0 saturated heterocycles. The lowest BCUT2D eigenvalue weighted by atomic mass is 11.1. The second kappa shape index (κ2) is 2.27. The number of hydrogen-bond acceptors (Lipinski definition) is 3. The molecule has 0 atom stereocenters. The predicted molar refractivity (Wildman–Crippen MR) is 20.4 cm³/mol. The van der Waals surface area contributed by atoms with Crippen molar-refractivity contribution in [3.05, 3.63) is 0 Å². The largest absolute Gasteiger partial charge is 0.392 e. The van der Waals surface area contributed by atoms with Gasteiger partial charge in [0.25, 0.3) is 0 Å². The summed E-state index contributed by atoms with van der Waals surface area (Å²) in [7, 11) is 0. The van der Waals surface area contributed by atoms with Crippen LogP contribution in [-0.4, -0.2) is 28.4 Å². The molecule has 0 aromatic carbocycles. The fraction of sp³-hybridized carbons (Fsp3) is 0. The molecule has 0 spiro atoms. The molecule has 5 nitrogen and oxygen atoms in total. The molecule has 0 saturated carbocycles. The van der Waals surface area contributed by atoms with Crippen molar-refractivity contribution in [2.45, 2.75) is 0 Å². The Morgan fingerprint density at radius 2 is 2.14 bits per heavy atom. The molecule has 0 bridgehead atoms. The molecule has 5 heteroatoms. The van der Waals surface area contributed by atoms with Gasteiger partial charge in [0.05, 0.1) is 0 Å². The number of aliphatic imine (C=N–C) groups is 1. The van der Waals surface area contributed by atoms with Gasteiger partial charge < -0.3 is 0 Å². The van der Waals surface area contributed by atoms with Crippen LogP contribution in [0.25, 0.3) is 0 Å². The summed E-state index contributed by atoms with van der Waals surface area (Å²) in [6.07, 6.45) is 0. The van der Waals surface area contributed by atoms with Crippen molar-refractivity contribution in [2.24, 2.45) is 4.99 Å². The highest BCUT2D eigenvalue weighted by Crippen LogP contribution is 1.77. The van der Waals surface area contributed by atoms with Gasteiger partial charge in [-0.25, -0.2) is 9.79 Å². The van der Waals surface area contributed by atoms with Gasteiger partial charge in [-0.3, -0.25) is 10.4 Å². The van der Waals surface area contributed by atoms with E-state index in [1.807, 2.05) is 0 Å². The molecule has 0 aliphatic carbocycles. The molecule has 0 aliphatic heterocycles. The maximum atomic E-state index is 9.71. The first kappa shape index (κ1) is 6.06. The van der Waals surface area contributed by atoms with E-state index in [1.54, 1.807) is 0 Å². The van der Waals surface area contributed by atoms with Gasteiger partial charge in [0.1, 0.15) is 0 Å². The smallest absolute Gasteiger partial charge is 0.260 e. The van der Waals surface area contributed by atoms with Crippen LogP contribution in [0, 0.1) is 0 Å². The maximum absolute atomic E-state index is 9.71. The molecule has 0 aromatic rings. The maximum Gasteiger partial charge on any atom is 0.392 e. The second-order valence-corrected chi connectivity index (χ2v) is 0.730. The summed E-state index contributed by atoms with van der Waals surface area (Å²) in [4.78, 5) is 12.3. The summed E-state index contributed by atoms with van der Waals surface area (Å²) in [6, 6.07) is -1.19. The first-order chi connectivity index (χ1) is 3.18. The third-order valence-corrected chi connectivity index (χ3v) is 0.306. The van der Waals surface area contributed by atoms with Crippen molar-refractivity contribution in [3.8, 4) is 0 Å². The van der Waals surface area contributed by atoms with Gasteiger partial charge in [0.2, 0.25) is 0 Å². The van der Waals surface area contributed by atoms with Crippen LogP contribution in [0.15, 0.2) is 4.99 Å². The highest BCUT2D eigenvalue weighted by Gasteiger charge is 1.99. The van der Waals surface area contributed by atoms with E-state index >= 15 is 0 Å². The Balaban J connectivity index is 3.56. The molecule has 2 N–H and O–H groups in total. The number of carbonyl (C=O) groups excluding carboxylic acids is 1. The minimum atomic E-state index is -1.19. The van der Waals surface area contributed by atoms with Gasteiger partial charge in [-0.05, 0) is 6.72 Å². The van der Waals surface area contributed by atoms with E-state index < -0.39 is 11.3 Å². The zero-order valence-corrected chi connectivity index (χ0v) is 3.40. The molecule has 0 unspecified atom stereocenters. The summed E-state index contributed by atoms with van der Waals surface area (Å²) < 4.78 is 0. The van der Waals surface area contributed by atoms with Gasteiger partial charge in [0, 0.05) is 0 Å². The first-order valence-corrected chi connectivity index (χ1v) is 1.37. The van der Waals surface area contributed by atoms with Crippen molar-refractivity contribution >= 4 is 12.7 Å². The molecule has 0 radical (unpaired) electrons. The summed E-state index contributed by atoms with van der Waals surface area (Å²) in [5, 5.41) is 14.8. The van der Waals surface area contributed by atoms with E-state index in [1.165, 1.54) is 0 Å². The SMILES string of the molecule is C=NC(=O)N(O)O. The van der Waals surface area contributed by atoms with Crippen LogP contribution in [0.1, 0.15) is 0 Å². The summed E-state index contributed by atoms with van der Waals surface area (Å²) in [6.45, 7) is 2.72. The number of amides is 2. The predicted octanol–water partition coefficient (Wildman–Crippen LogP) is -0.113. The number of urea groups is 1. The van der Waals surface area contributed by atoms with Crippen molar-refractivity contribution in [3.63, 3.8) is 0 Å². The van der Waals surface area contributed by atoms with Crippen LogP contribution in [0.3, 0.4) is 0 Å². The standard InChI is InChI=1S/C2H4N2O3/c1-3-2(5)4(6)7/h6-7H,1H2. The fourth-order valence-electron chi connectivity index (χ4n) is 0.0632. The van der Waals surface area contributed by atoms with Crippen LogP contribution in [0.4, 0.5) is 4.79 Å². The van der Waals surface area contributed by atoms with Crippen LogP contribution in [-0.2, 0) is 0 Å². The zero-order chi connectivity index (χ0) is 5.86. The molecule has 40 valence electrons. The van der Waals surface area contributed by atoms with E-state index in [0.717, 1.165) is 0 Å². The summed E-state index contributed by atoms with van der Waals surface area (Å²) in [5.74, 6) is 0. The molecular weight excluding hydrogens is 100 g/mol. The van der Waals surface area contributed by atoms with Crippen LogP contribution >= 0.6 is 0 Å². The highest BCUT2D eigenvalue weighted by molar-refractivity contribution is 5.76. The van der Waals surface area contributed by atoms with Crippen molar-refractivity contribution in [2.75, 3.05) is 0 Å². The third-order valence-electron chi connectivity index (χ3n) is 0.306. The van der Waals surface area contributed by atoms with Crippen molar-refractivity contribution in [1.29, 1.82) is 0 Å². The zero-order valence-electron chi connectivity index (χ0n) is 3.40. The lowest BCUT2D eigenvalue weighted by molar-refractivity contribution is -0.256. The highest BCUT2D eigenvalue weighted by atomic mass is 16.8. The normalized spacial score (nSPS) is 7.71. The van der Waals surface area contributed by atoms with Gasteiger partial charge in [-0.15, -0.1) is 0 Å². The Morgan fingerprint density at radius 3 is 2.14 bits per heavy atom. The number of nitrogens with zero attached hydrogens (tertiary/aromatic N) is 2. The Labute approximate surface area is 39.4 Å². The van der Waals surface area contributed by atoms with Crippen molar-refractivity contribution in [1.82, 2.24) is 5.23 Å². The quantitative estimate of drug-likeness (QED) is 0.256. The van der Waals surface area contributed by atoms with E-state index in [4.69, 9.17) is 10.4 Å². The van der Waals surface area contributed by atoms with Gasteiger partial charge in [-0.1, -0.05) is 5.23 Å². The van der Waals surface area contributed by atoms with E-state index in [-0.39, 0.29) is 0 Å². The average molecular weight is 104 g/mol. The van der Waals surface area contributed by atoms with E-state index in [0.29, 0.717) is 0 Å². The van der Waals surface area contributed by atoms with Gasteiger partial charge in [0.15, 0.2) is 0 Å². The molecule has 2 amide bonds. The molecule has 0 rings (SSSR count). The van der Waals surface area contributed by atoms with E-state index in [2.05, 4.69) is 11.7 Å². The molecule has 7 heavy (non-hydrogen) atoms. The van der Waals surface area contributed by atoms with Gasteiger partial charge in [-0.2, -0.15) is 0 Å². The number of hydrogen-bond donors (Lipinski definition) is 2. The van der Waals surface area contributed by atoms with Crippen LogP contribution < -0.4 is 0 Å². The summed E-state index contributed by atoms with van der Waals surface area (Å²) in [5.41, 5.74) is 0. The molecule has 0 aromatic heterocycles. The second-order valence-electron chi connectivity index (χ2n) is 0.730. The number of carbonyl (C=O) groups is 1. The van der Waals surface area contributed by atoms with Crippen molar-refractivity contribution < 1.29 is 15.2 Å². The Hall–Kier alpha value is -0.940. The minimum absolute atomic E-state index is 0.646. The topological polar surface area (TPSA) is 73.1 Å². The monoisotopic (exact) mass is 104 g/mol. The van der Waals surface area contributed by atoms with Gasteiger partial charge >= 0.3 is 6.03 Å². The fourth-order valence-corrected chi connectivity index (χ4v) is 0.0632. The summed E-state index contributed by atoms with van der Waals surface area (Å²) >= 11 is 0. The van der Waals surface area contributed by atoms with Crippen LogP contribution in [0.2, 0.25) is 0 Å². The molecule has 0 fully saturated rings. The third kappa shape index (κ3) is 1.85. The number of rotatable bonds is 0. The molecule has 0 heterocycles. The Morgan fingerprint density at radius 1 is 1.71 bits per heavy atom. The molecular formula is C2H4N2O3. The van der Waals surface area contributed by atoms with E-state index in [9.17, 15) is 4.79 Å². The minimum Gasteiger partial charge on any atom is -0.260 e. The first-order valence-electron chi connectivity index (χ1n) is 1.37.